The molecule has 3 N–H and O–H groups in total. The van der Waals surface area contributed by atoms with Crippen LogP contribution in [0.15, 0.2) is 109 Å². The molecule has 0 aromatic rings. The highest BCUT2D eigenvalue weighted by Crippen LogP contribution is 2.16. The van der Waals surface area contributed by atoms with Crippen molar-refractivity contribution in [2.45, 2.75) is 206 Å². The minimum Gasteiger partial charge on any atom is -0.461 e. The first-order chi connectivity index (χ1) is 29.0. The van der Waals surface area contributed by atoms with Crippen molar-refractivity contribution >= 4 is 11.9 Å². The van der Waals surface area contributed by atoms with Crippen LogP contribution in [0.4, 0.5) is 0 Å². The summed E-state index contributed by atoms with van der Waals surface area (Å²) < 4.78 is 5.81. The molecule has 0 spiro atoms. The number of hydrogen-bond donors (Lipinski definition) is 3. The topological polar surface area (TPSA) is 95.9 Å². The van der Waals surface area contributed by atoms with Gasteiger partial charge in [0.05, 0.1) is 25.2 Å². The molecule has 3 unspecified atom stereocenters. The second kappa shape index (κ2) is 45.6. The molecule has 0 aromatic heterocycles. The van der Waals surface area contributed by atoms with Gasteiger partial charge in [0.25, 0.3) is 0 Å². The van der Waals surface area contributed by atoms with Gasteiger partial charge in [0.1, 0.15) is 6.10 Å². The SMILES string of the molecule is CC/C=C/C=C/C=C\C=C/C=C/CC(CC(=O)NC(CO)C(O)CCCCCCCCCCCCCCCC)OC(=O)CCCCCCC\C=C/C=C/C=C/C=C/CC. The largest absolute Gasteiger partial charge is 0.461 e. The van der Waals surface area contributed by atoms with Crippen LogP contribution in [-0.4, -0.2) is 46.9 Å². The minimum atomic E-state index is -0.828. The van der Waals surface area contributed by atoms with E-state index in [-0.39, 0.29) is 24.9 Å². The zero-order valence-corrected chi connectivity index (χ0v) is 37.8. The van der Waals surface area contributed by atoms with Gasteiger partial charge in [-0.2, -0.15) is 0 Å². The molecule has 0 radical (unpaired) electrons. The third-order valence-electron chi connectivity index (χ3n) is 10.1. The van der Waals surface area contributed by atoms with Crippen LogP contribution < -0.4 is 5.32 Å². The normalized spacial score (nSPS) is 14.3. The lowest BCUT2D eigenvalue weighted by Gasteiger charge is -2.24. The Morgan fingerprint density at radius 2 is 0.949 bits per heavy atom. The van der Waals surface area contributed by atoms with E-state index in [9.17, 15) is 19.8 Å². The lowest BCUT2D eigenvalue weighted by atomic mass is 10.0. The molecule has 0 bridgehead atoms. The van der Waals surface area contributed by atoms with Crippen LogP contribution in [0.5, 0.6) is 0 Å². The minimum absolute atomic E-state index is 0.0350. The van der Waals surface area contributed by atoms with Crippen LogP contribution in [0.25, 0.3) is 0 Å². The van der Waals surface area contributed by atoms with Crippen LogP contribution in [-0.2, 0) is 14.3 Å². The van der Waals surface area contributed by atoms with Crippen LogP contribution in [0.2, 0.25) is 0 Å². The maximum atomic E-state index is 13.1. The Morgan fingerprint density at radius 1 is 0.525 bits per heavy atom. The van der Waals surface area contributed by atoms with E-state index in [1.54, 1.807) is 0 Å². The number of hydrogen-bond acceptors (Lipinski definition) is 5. The van der Waals surface area contributed by atoms with Gasteiger partial charge in [0, 0.05) is 12.8 Å². The second-order valence-corrected chi connectivity index (χ2v) is 15.6. The van der Waals surface area contributed by atoms with Crippen molar-refractivity contribution in [2.75, 3.05) is 6.61 Å². The number of rotatable bonds is 40. The number of aliphatic hydroxyl groups is 2. The molecule has 59 heavy (non-hydrogen) atoms. The summed E-state index contributed by atoms with van der Waals surface area (Å²) in [7, 11) is 0. The molecule has 0 aliphatic rings. The summed E-state index contributed by atoms with van der Waals surface area (Å²) in [5, 5.41) is 23.6. The maximum absolute atomic E-state index is 13.1. The standard InChI is InChI=1S/C53H87NO5/c1-4-7-10-13-16-19-22-24-26-28-31-34-37-40-43-46-53(58)59-49(44-41-38-35-32-29-21-18-15-12-9-6-3)47-52(57)54-50(48-55)51(56)45-42-39-36-33-30-27-25-23-20-17-14-11-8-5-2/h7,9-10,12-13,15-16,18-19,21-22,24,26,29,32,35,38,41,49-51,55-56H,4-6,8,11,14,17,20,23,25,27-28,30-31,33-34,36-37,39-40,42-48H2,1-3H3,(H,54,57)/b10-7+,12-9+,16-13+,18-15+,22-19+,26-24-,29-21-,35-32-,41-38+. The van der Waals surface area contributed by atoms with Gasteiger partial charge >= 0.3 is 5.97 Å². The van der Waals surface area contributed by atoms with Crippen LogP contribution >= 0.6 is 0 Å². The molecule has 0 aromatic carbocycles. The highest BCUT2D eigenvalue weighted by atomic mass is 16.5. The Bertz CT molecular complexity index is 1240. The fraction of sp³-hybridized carbons (Fsp3) is 0.623. The predicted molar refractivity (Wildman–Crippen MR) is 254 cm³/mol. The van der Waals surface area contributed by atoms with E-state index in [1.165, 1.54) is 70.6 Å². The molecule has 1 amide bonds. The Balaban J connectivity index is 4.73. The van der Waals surface area contributed by atoms with Crippen molar-refractivity contribution in [3.8, 4) is 0 Å². The molecule has 0 heterocycles. The van der Waals surface area contributed by atoms with Crippen molar-refractivity contribution in [3.05, 3.63) is 109 Å². The Labute approximate surface area is 362 Å². The number of carbonyl (C=O) groups excluding carboxylic acids is 2. The van der Waals surface area contributed by atoms with E-state index in [1.807, 2.05) is 79.0 Å². The average Bonchev–Trinajstić information content (AvgIpc) is 3.23. The molecule has 0 fully saturated rings. The van der Waals surface area contributed by atoms with Gasteiger partial charge in [-0.15, -0.1) is 0 Å². The fourth-order valence-corrected chi connectivity index (χ4v) is 6.52. The van der Waals surface area contributed by atoms with Gasteiger partial charge in [0.15, 0.2) is 0 Å². The predicted octanol–water partition coefficient (Wildman–Crippen LogP) is 13.9. The monoisotopic (exact) mass is 818 g/mol. The van der Waals surface area contributed by atoms with E-state index in [0.29, 0.717) is 19.3 Å². The van der Waals surface area contributed by atoms with E-state index >= 15 is 0 Å². The third-order valence-corrected chi connectivity index (χ3v) is 10.1. The first-order valence-corrected chi connectivity index (χ1v) is 23.7. The Kier molecular flexibility index (Phi) is 42.9. The molecule has 0 aliphatic carbocycles. The van der Waals surface area contributed by atoms with E-state index in [4.69, 9.17) is 4.74 Å². The molecule has 334 valence electrons. The number of nitrogens with one attached hydrogen (secondary N) is 1. The molecule has 6 nitrogen and oxygen atoms in total. The van der Waals surface area contributed by atoms with Crippen molar-refractivity contribution < 1.29 is 24.5 Å². The molecule has 0 rings (SSSR count). The third kappa shape index (κ3) is 41.1. The number of carbonyl (C=O) groups is 2. The summed E-state index contributed by atoms with van der Waals surface area (Å²) in [4.78, 5) is 26.0. The molecule has 0 aliphatic heterocycles. The van der Waals surface area contributed by atoms with Crippen LogP contribution in [0, 0.1) is 0 Å². The summed E-state index contributed by atoms with van der Waals surface area (Å²) in [6.45, 7) is 6.13. The van der Waals surface area contributed by atoms with Crippen LogP contribution in [0.1, 0.15) is 188 Å². The number of amides is 1. The summed E-state index contributed by atoms with van der Waals surface area (Å²) in [5.74, 6) is -0.646. The summed E-state index contributed by atoms with van der Waals surface area (Å²) >= 11 is 0. The molecule has 3 atom stereocenters. The quantitative estimate of drug-likeness (QED) is 0.0325. The Hall–Kier alpha value is -3.48. The number of esters is 1. The fourth-order valence-electron chi connectivity index (χ4n) is 6.52. The molecule has 6 heteroatoms. The highest BCUT2D eigenvalue weighted by molar-refractivity contribution is 5.77. The number of ether oxygens (including phenoxy) is 1. The zero-order valence-electron chi connectivity index (χ0n) is 37.8. The van der Waals surface area contributed by atoms with Gasteiger partial charge in [-0.1, -0.05) is 239 Å². The number of allylic oxidation sites excluding steroid dienone is 17. The lowest BCUT2D eigenvalue weighted by Crippen LogP contribution is -2.46. The second-order valence-electron chi connectivity index (χ2n) is 15.6. The highest BCUT2D eigenvalue weighted by Gasteiger charge is 2.23. The van der Waals surface area contributed by atoms with Crippen molar-refractivity contribution in [3.63, 3.8) is 0 Å². The summed E-state index contributed by atoms with van der Waals surface area (Å²) in [6.07, 6.45) is 61.7. The molecular formula is C53H87NO5. The molecule has 0 saturated heterocycles. The summed E-state index contributed by atoms with van der Waals surface area (Å²) in [5.41, 5.74) is 0. The van der Waals surface area contributed by atoms with Gasteiger partial charge < -0.3 is 20.3 Å². The van der Waals surface area contributed by atoms with Crippen LogP contribution in [0.3, 0.4) is 0 Å². The number of unbranched alkanes of at least 4 members (excludes halogenated alkanes) is 18. The Morgan fingerprint density at radius 3 is 1.44 bits per heavy atom. The van der Waals surface area contributed by atoms with E-state index < -0.39 is 18.2 Å². The average molecular weight is 818 g/mol. The van der Waals surface area contributed by atoms with E-state index in [0.717, 1.165) is 70.6 Å². The summed E-state index contributed by atoms with van der Waals surface area (Å²) in [6, 6.07) is -0.750. The van der Waals surface area contributed by atoms with Gasteiger partial charge in [-0.25, -0.2) is 0 Å². The molecule has 0 saturated carbocycles. The maximum Gasteiger partial charge on any atom is 0.306 e. The van der Waals surface area contributed by atoms with Crippen molar-refractivity contribution in [1.29, 1.82) is 0 Å². The van der Waals surface area contributed by atoms with Crippen molar-refractivity contribution in [1.82, 2.24) is 5.32 Å². The van der Waals surface area contributed by atoms with E-state index in [2.05, 4.69) is 56.5 Å². The van der Waals surface area contributed by atoms with Gasteiger partial charge in [-0.05, 0) is 38.5 Å². The smallest absolute Gasteiger partial charge is 0.306 e. The number of aliphatic hydroxyl groups excluding tert-OH is 2. The zero-order chi connectivity index (χ0) is 43.1. The first kappa shape index (κ1) is 55.5. The first-order valence-electron chi connectivity index (χ1n) is 23.7. The molecular weight excluding hydrogens is 731 g/mol. The lowest BCUT2D eigenvalue weighted by molar-refractivity contribution is -0.150. The van der Waals surface area contributed by atoms with Crippen molar-refractivity contribution in [2.24, 2.45) is 0 Å². The van der Waals surface area contributed by atoms with Gasteiger partial charge in [-0.3, -0.25) is 9.59 Å². The van der Waals surface area contributed by atoms with Gasteiger partial charge in [0.2, 0.25) is 5.91 Å².